The maximum absolute atomic E-state index is 12.3. The van der Waals surface area contributed by atoms with Crippen molar-refractivity contribution in [3.8, 4) is 0 Å². The van der Waals surface area contributed by atoms with Gasteiger partial charge in [0.05, 0.1) is 6.61 Å². The average molecular weight is 343 g/mol. The minimum atomic E-state index is -0.409. The Morgan fingerprint density at radius 2 is 2.12 bits per heavy atom. The number of aromatic nitrogens is 3. The first-order valence-electron chi connectivity index (χ1n) is 8.76. The van der Waals surface area contributed by atoms with Gasteiger partial charge in [0.25, 0.3) is 0 Å². The van der Waals surface area contributed by atoms with E-state index in [4.69, 9.17) is 4.74 Å². The highest BCUT2D eigenvalue weighted by molar-refractivity contribution is 5.93. The molecule has 2 aromatic rings. The highest BCUT2D eigenvalue weighted by Gasteiger charge is 2.24. The van der Waals surface area contributed by atoms with Crippen LogP contribution in [0.25, 0.3) is 0 Å². The van der Waals surface area contributed by atoms with E-state index in [-0.39, 0.29) is 5.91 Å². The van der Waals surface area contributed by atoms with Gasteiger partial charge in [-0.05, 0) is 44.0 Å². The summed E-state index contributed by atoms with van der Waals surface area (Å²) in [5, 5.41) is 10.5. The summed E-state index contributed by atoms with van der Waals surface area (Å²) in [5.74, 6) is 0.415. The highest BCUT2D eigenvalue weighted by atomic mass is 16.5. The van der Waals surface area contributed by atoms with Crippen LogP contribution < -0.4 is 10.6 Å². The molecule has 7 heteroatoms. The van der Waals surface area contributed by atoms with E-state index in [1.807, 2.05) is 24.3 Å². The number of hydrogen-bond acceptors (Lipinski definition) is 5. The Hall–Kier alpha value is -2.41. The molecule has 0 bridgehead atoms. The number of carbonyl (C=O) groups is 1. The summed E-state index contributed by atoms with van der Waals surface area (Å²) in [6.45, 7) is 5.61. The fraction of sp³-hybridized carbons (Fsp3) is 0.500. The van der Waals surface area contributed by atoms with Crippen LogP contribution in [0, 0.1) is 5.92 Å². The summed E-state index contributed by atoms with van der Waals surface area (Å²) in [7, 11) is 0. The van der Waals surface area contributed by atoms with Crippen molar-refractivity contribution < 1.29 is 9.53 Å². The topological polar surface area (TPSA) is 81.1 Å². The highest BCUT2D eigenvalue weighted by Crippen LogP contribution is 2.23. The zero-order valence-electron chi connectivity index (χ0n) is 14.7. The minimum absolute atomic E-state index is 0.123. The van der Waals surface area contributed by atoms with Crippen LogP contribution in [0.1, 0.15) is 32.7 Å². The predicted molar refractivity (Wildman–Crippen MR) is 96.4 cm³/mol. The van der Waals surface area contributed by atoms with Gasteiger partial charge in [0.1, 0.15) is 18.7 Å². The number of nitrogens with zero attached hydrogens (tertiary/aromatic N) is 3. The molecule has 1 aromatic carbocycles. The molecule has 0 spiro atoms. The molecule has 134 valence electrons. The summed E-state index contributed by atoms with van der Waals surface area (Å²) in [5.41, 5.74) is 1.83. The Labute approximate surface area is 147 Å². The largest absolute Gasteiger partial charge is 0.382 e. The third kappa shape index (κ3) is 4.36. The van der Waals surface area contributed by atoms with E-state index >= 15 is 0 Å². The van der Waals surface area contributed by atoms with Crippen LogP contribution in [0.4, 0.5) is 11.4 Å². The molecular weight excluding hydrogens is 318 g/mol. The maximum Gasteiger partial charge on any atom is 0.249 e. The number of ether oxygens (including phenoxy) is 1. The van der Waals surface area contributed by atoms with Crippen LogP contribution in [0.3, 0.4) is 0 Å². The minimum Gasteiger partial charge on any atom is -0.382 e. The summed E-state index contributed by atoms with van der Waals surface area (Å²) >= 11 is 0. The number of rotatable bonds is 6. The molecule has 3 atom stereocenters. The summed E-state index contributed by atoms with van der Waals surface area (Å²) < 4.78 is 7.09. The van der Waals surface area contributed by atoms with E-state index in [0.717, 1.165) is 37.4 Å². The zero-order valence-corrected chi connectivity index (χ0v) is 14.7. The molecule has 1 saturated heterocycles. The van der Waals surface area contributed by atoms with Crippen molar-refractivity contribution in [3.63, 3.8) is 0 Å². The molecule has 2 heterocycles. The molecule has 1 aliphatic rings. The molecular formula is C18H25N5O2. The monoisotopic (exact) mass is 343 g/mol. The molecule has 3 rings (SSSR count). The average Bonchev–Trinajstić information content (AvgIpc) is 3.18. The number of benzene rings is 1. The van der Waals surface area contributed by atoms with Gasteiger partial charge in [0.2, 0.25) is 5.91 Å². The predicted octanol–water partition coefficient (Wildman–Crippen LogP) is 2.70. The zero-order chi connectivity index (χ0) is 17.6. The molecule has 7 nitrogen and oxygen atoms in total. The Bertz CT molecular complexity index is 671. The normalized spacial score (nSPS) is 21.5. The first-order chi connectivity index (χ1) is 12.2. The second-order valence-corrected chi connectivity index (χ2v) is 6.40. The van der Waals surface area contributed by atoms with E-state index in [9.17, 15) is 4.79 Å². The molecule has 1 amide bonds. The Morgan fingerprint density at radius 1 is 1.36 bits per heavy atom. The molecule has 0 aliphatic carbocycles. The maximum atomic E-state index is 12.3. The molecule has 1 aliphatic heterocycles. The van der Waals surface area contributed by atoms with E-state index in [2.05, 4.69) is 27.6 Å². The lowest BCUT2D eigenvalue weighted by Crippen LogP contribution is -2.37. The van der Waals surface area contributed by atoms with Gasteiger partial charge in [-0.25, -0.2) is 9.67 Å². The van der Waals surface area contributed by atoms with Gasteiger partial charge in [-0.15, -0.1) is 0 Å². The van der Waals surface area contributed by atoms with E-state index in [0.29, 0.717) is 12.0 Å². The fourth-order valence-electron chi connectivity index (χ4n) is 3.04. The van der Waals surface area contributed by atoms with E-state index in [1.165, 1.54) is 17.3 Å². The van der Waals surface area contributed by atoms with Gasteiger partial charge in [0, 0.05) is 29.9 Å². The Balaban J connectivity index is 1.57. The lowest BCUT2D eigenvalue weighted by atomic mass is 9.93. The summed E-state index contributed by atoms with van der Waals surface area (Å²) in [4.78, 5) is 16.1. The van der Waals surface area contributed by atoms with E-state index < -0.39 is 6.04 Å². The standard InChI is InChI=1S/C18H25N5O2/c1-3-14-10-25-9-8-17(14)21-15-4-6-16(7-5-15)22-18(24)13(2)23-12-19-11-20-23/h4-7,11-14,17,21H,3,8-10H2,1-2H3,(H,22,24). The van der Waals surface area contributed by atoms with Gasteiger partial charge >= 0.3 is 0 Å². The second kappa shape index (κ2) is 8.11. The molecule has 1 aromatic heterocycles. The van der Waals surface area contributed by atoms with Crippen molar-refractivity contribution in [3.05, 3.63) is 36.9 Å². The summed E-state index contributed by atoms with van der Waals surface area (Å²) in [6.07, 6.45) is 5.08. The third-order valence-corrected chi connectivity index (χ3v) is 4.72. The first kappa shape index (κ1) is 17.4. The van der Waals surface area contributed by atoms with Crippen LogP contribution in [0.15, 0.2) is 36.9 Å². The number of hydrogen-bond donors (Lipinski definition) is 2. The van der Waals surface area contributed by atoms with Crippen molar-refractivity contribution in [2.45, 2.75) is 38.8 Å². The van der Waals surface area contributed by atoms with Gasteiger partial charge in [-0.1, -0.05) is 6.92 Å². The number of carbonyl (C=O) groups excluding carboxylic acids is 1. The van der Waals surface area contributed by atoms with Crippen LogP contribution in [0.5, 0.6) is 0 Å². The van der Waals surface area contributed by atoms with E-state index in [1.54, 1.807) is 6.92 Å². The number of nitrogens with one attached hydrogen (secondary N) is 2. The van der Waals surface area contributed by atoms with Crippen LogP contribution in [-0.4, -0.2) is 39.9 Å². The van der Waals surface area contributed by atoms with Gasteiger partial charge in [-0.2, -0.15) is 5.10 Å². The van der Waals surface area contributed by atoms with Gasteiger partial charge in [0.15, 0.2) is 0 Å². The molecule has 0 radical (unpaired) electrons. The Morgan fingerprint density at radius 3 is 2.80 bits per heavy atom. The molecule has 2 N–H and O–H groups in total. The van der Waals surface area contributed by atoms with Crippen LogP contribution in [0.2, 0.25) is 0 Å². The van der Waals surface area contributed by atoms with Crippen molar-refractivity contribution in [2.75, 3.05) is 23.8 Å². The molecule has 0 saturated carbocycles. The molecule has 1 fully saturated rings. The lowest BCUT2D eigenvalue weighted by molar-refractivity contribution is -0.119. The van der Waals surface area contributed by atoms with Crippen molar-refractivity contribution in [1.82, 2.24) is 14.8 Å². The second-order valence-electron chi connectivity index (χ2n) is 6.40. The van der Waals surface area contributed by atoms with Crippen LogP contribution >= 0.6 is 0 Å². The lowest BCUT2D eigenvalue weighted by Gasteiger charge is -2.32. The van der Waals surface area contributed by atoms with Crippen molar-refractivity contribution >= 4 is 17.3 Å². The van der Waals surface area contributed by atoms with Crippen molar-refractivity contribution in [1.29, 1.82) is 0 Å². The fourth-order valence-corrected chi connectivity index (χ4v) is 3.04. The first-order valence-corrected chi connectivity index (χ1v) is 8.76. The van der Waals surface area contributed by atoms with Gasteiger partial charge in [-0.3, -0.25) is 4.79 Å². The molecule has 3 unspecified atom stereocenters. The molecule has 25 heavy (non-hydrogen) atoms. The quantitative estimate of drug-likeness (QED) is 0.843. The SMILES string of the molecule is CCC1COCCC1Nc1ccc(NC(=O)C(C)n2cncn2)cc1. The van der Waals surface area contributed by atoms with Gasteiger partial charge < -0.3 is 15.4 Å². The van der Waals surface area contributed by atoms with Crippen molar-refractivity contribution in [2.24, 2.45) is 5.92 Å². The summed E-state index contributed by atoms with van der Waals surface area (Å²) in [6, 6.07) is 7.85. The number of anilines is 2. The number of amides is 1. The Kier molecular flexibility index (Phi) is 5.65. The smallest absolute Gasteiger partial charge is 0.249 e. The third-order valence-electron chi connectivity index (χ3n) is 4.72. The van der Waals surface area contributed by atoms with Crippen LogP contribution in [-0.2, 0) is 9.53 Å².